The molecule has 2 aliphatic heterocycles. The van der Waals surface area contributed by atoms with Crippen molar-refractivity contribution in [3.8, 4) is 22.6 Å². The summed E-state index contributed by atoms with van der Waals surface area (Å²) in [6.45, 7) is 2.92. The maximum absolute atomic E-state index is 13.4. The van der Waals surface area contributed by atoms with Crippen molar-refractivity contribution in [3.63, 3.8) is 0 Å². The number of aryl methyl sites for hydroxylation is 1. The Balaban J connectivity index is 1.20. The topological polar surface area (TPSA) is 88.1 Å². The summed E-state index contributed by atoms with van der Waals surface area (Å²) in [7, 11) is 0. The van der Waals surface area contributed by atoms with Gasteiger partial charge in [-0.3, -0.25) is 9.59 Å². The Labute approximate surface area is 216 Å². The molecule has 190 valence electrons. The summed E-state index contributed by atoms with van der Waals surface area (Å²) in [5.74, 6) is 1.34. The van der Waals surface area contributed by atoms with E-state index in [-0.39, 0.29) is 31.3 Å². The molecule has 1 atom stereocenters. The number of ether oxygens (including phenoxy) is 2. The highest BCUT2D eigenvalue weighted by molar-refractivity contribution is 6.02. The minimum atomic E-state index is -0.546. The zero-order chi connectivity index (χ0) is 25.6. The van der Waals surface area contributed by atoms with Crippen LogP contribution in [-0.2, 0) is 10.2 Å². The molecule has 2 N–H and O–H groups in total. The van der Waals surface area contributed by atoms with Gasteiger partial charge in [0.1, 0.15) is 0 Å². The smallest absolute Gasteiger partial charge is 0.254 e. The van der Waals surface area contributed by atoms with Crippen LogP contribution in [-0.4, -0.2) is 47.8 Å². The average Bonchev–Trinajstić information content (AvgIpc) is 3.37. The first-order valence-corrected chi connectivity index (χ1v) is 12.8. The summed E-state index contributed by atoms with van der Waals surface area (Å²) in [5.41, 5.74) is 4.81. The van der Waals surface area contributed by atoms with Gasteiger partial charge in [0, 0.05) is 17.8 Å². The van der Waals surface area contributed by atoms with Gasteiger partial charge in [-0.15, -0.1) is 0 Å². The van der Waals surface area contributed by atoms with Gasteiger partial charge in [-0.25, -0.2) is 0 Å². The normalized spacial score (nSPS) is 19.1. The number of anilines is 1. The van der Waals surface area contributed by atoms with Crippen molar-refractivity contribution in [3.05, 3.63) is 77.4 Å². The number of rotatable bonds is 6. The zero-order valence-corrected chi connectivity index (χ0v) is 20.8. The molecule has 3 aromatic carbocycles. The molecular weight excluding hydrogens is 468 g/mol. The third-order valence-electron chi connectivity index (χ3n) is 7.90. The molecule has 2 amide bonds. The van der Waals surface area contributed by atoms with E-state index in [1.54, 1.807) is 4.90 Å². The van der Waals surface area contributed by atoms with Crippen molar-refractivity contribution in [2.75, 3.05) is 25.3 Å². The first-order chi connectivity index (χ1) is 18.0. The van der Waals surface area contributed by atoms with Crippen LogP contribution in [0.5, 0.6) is 11.5 Å². The molecule has 37 heavy (non-hydrogen) atoms. The van der Waals surface area contributed by atoms with Crippen LogP contribution in [0, 0.1) is 6.92 Å². The molecule has 1 unspecified atom stereocenters. The van der Waals surface area contributed by atoms with Crippen LogP contribution in [0.4, 0.5) is 5.69 Å². The number of hydrogen-bond acceptors (Lipinski definition) is 5. The number of nitrogens with one attached hydrogen (secondary N) is 1. The molecule has 7 heteroatoms. The van der Waals surface area contributed by atoms with Gasteiger partial charge in [-0.1, -0.05) is 24.3 Å². The fourth-order valence-electron chi connectivity index (χ4n) is 5.48. The number of fused-ring (bicyclic) bond motifs is 1. The largest absolute Gasteiger partial charge is 0.454 e. The molecule has 1 aliphatic carbocycles. The summed E-state index contributed by atoms with van der Waals surface area (Å²) in [5, 5.41) is 12.7. The molecule has 2 heterocycles. The van der Waals surface area contributed by atoms with Crippen molar-refractivity contribution < 1.29 is 24.2 Å². The number of amides is 2. The lowest BCUT2D eigenvalue weighted by atomic mass is 9.94. The molecule has 2 fully saturated rings. The molecule has 0 bridgehead atoms. The van der Waals surface area contributed by atoms with Gasteiger partial charge in [0.25, 0.3) is 5.91 Å². The lowest BCUT2D eigenvalue weighted by Crippen LogP contribution is -2.37. The molecule has 1 saturated heterocycles. The van der Waals surface area contributed by atoms with Crippen molar-refractivity contribution in [1.29, 1.82) is 0 Å². The van der Waals surface area contributed by atoms with E-state index in [0.29, 0.717) is 23.6 Å². The summed E-state index contributed by atoms with van der Waals surface area (Å²) >= 11 is 0. The SMILES string of the molecule is Cc1ccc(NC(=O)C2(c3ccc4c(c3)OCO4)CC2)cc1-c1ccc(C(=O)N2CCCC2CO)cc1. The Kier molecular flexibility index (Phi) is 5.88. The van der Waals surface area contributed by atoms with Gasteiger partial charge >= 0.3 is 0 Å². The number of likely N-dealkylation sites (tertiary alicyclic amines) is 1. The van der Waals surface area contributed by atoms with Gasteiger partial charge in [0.2, 0.25) is 12.7 Å². The quantitative estimate of drug-likeness (QED) is 0.516. The molecule has 3 aliphatic rings. The Morgan fingerprint density at radius 3 is 2.57 bits per heavy atom. The van der Waals surface area contributed by atoms with E-state index in [0.717, 1.165) is 53.6 Å². The number of aliphatic hydroxyl groups excluding tert-OH is 1. The van der Waals surface area contributed by atoms with Crippen molar-refractivity contribution in [1.82, 2.24) is 4.90 Å². The second-order valence-corrected chi connectivity index (χ2v) is 10.2. The van der Waals surface area contributed by atoms with Crippen LogP contribution in [0.3, 0.4) is 0 Å². The van der Waals surface area contributed by atoms with Crippen molar-refractivity contribution in [2.24, 2.45) is 0 Å². The van der Waals surface area contributed by atoms with Crippen LogP contribution in [0.1, 0.15) is 47.2 Å². The third-order valence-corrected chi connectivity index (χ3v) is 7.90. The summed E-state index contributed by atoms with van der Waals surface area (Å²) < 4.78 is 10.9. The zero-order valence-electron chi connectivity index (χ0n) is 20.8. The monoisotopic (exact) mass is 498 g/mol. The van der Waals surface area contributed by atoms with E-state index < -0.39 is 5.41 Å². The van der Waals surface area contributed by atoms with Crippen molar-refractivity contribution >= 4 is 17.5 Å². The second kappa shape index (κ2) is 9.23. The highest BCUT2D eigenvalue weighted by atomic mass is 16.7. The molecular formula is C30H30N2O5. The molecule has 0 aromatic heterocycles. The Morgan fingerprint density at radius 1 is 1.03 bits per heavy atom. The molecule has 0 radical (unpaired) electrons. The van der Waals surface area contributed by atoms with Crippen molar-refractivity contribution in [2.45, 2.75) is 44.1 Å². The Bertz CT molecular complexity index is 1360. The molecule has 1 saturated carbocycles. The summed E-state index contributed by atoms with van der Waals surface area (Å²) in [6.07, 6.45) is 3.35. The summed E-state index contributed by atoms with van der Waals surface area (Å²) in [6, 6.07) is 19.1. The lowest BCUT2D eigenvalue weighted by Gasteiger charge is -2.23. The average molecular weight is 499 g/mol. The van der Waals surface area contributed by atoms with E-state index >= 15 is 0 Å². The maximum Gasteiger partial charge on any atom is 0.254 e. The first-order valence-electron chi connectivity index (χ1n) is 12.8. The number of aliphatic hydroxyl groups is 1. The highest BCUT2D eigenvalue weighted by Crippen LogP contribution is 2.51. The van der Waals surface area contributed by atoms with Crippen LogP contribution in [0.15, 0.2) is 60.7 Å². The van der Waals surface area contributed by atoms with E-state index in [4.69, 9.17) is 9.47 Å². The molecule has 6 rings (SSSR count). The fraction of sp³-hybridized carbons (Fsp3) is 0.333. The maximum atomic E-state index is 13.4. The van der Waals surface area contributed by atoms with Crippen LogP contribution in [0.25, 0.3) is 11.1 Å². The highest BCUT2D eigenvalue weighted by Gasteiger charge is 2.51. The third kappa shape index (κ3) is 4.23. The molecule has 7 nitrogen and oxygen atoms in total. The number of carbonyl (C=O) groups excluding carboxylic acids is 2. The Morgan fingerprint density at radius 2 is 1.81 bits per heavy atom. The van der Waals surface area contributed by atoms with Crippen LogP contribution >= 0.6 is 0 Å². The predicted octanol–water partition coefficient (Wildman–Crippen LogP) is 4.66. The van der Waals surface area contributed by atoms with Crippen LogP contribution in [0.2, 0.25) is 0 Å². The minimum absolute atomic E-state index is 0.00250. The van der Waals surface area contributed by atoms with Gasteiger partial charge in [-0.05, 0) is 91.3 Å². The standard InChI is InChI=1S/C30H30N2O5/c1-19-4-10-23(31-29(35)30(12-13-30)22-9-11-26-27(15-22)37-18-36-26)16-25(19)20-5-7-21(8-6-20)28(34)32-14-2-3-24(32)17-33/h4-11,15-16,24,33H,2-3,12-14,17-18H2,1H3,(H,31,35). The minimum Gasteiger partial charge on any atom is -0.454 e. The fourth-order valence-corrected chi connectivity index (χ4v) is 5.48. The van der Waals surface area contributed by atoms with E-state index in [9.17, 15) is 14.7 Å². The molecule has 0 spiro atoms. The number of benzene rings is 3. The molecule has 3 aromatic rings. The number of hydrogen-bond donors (Lipinski definition) is 2. The Hall–Kier alpha value is -3.84. The summed E-state index contributed by atoms with van der Waals surface area (Å²) in [4.78, 5) is 28.1. The van der Waals surface area contributed by atoms with E-state index in [1.165, 1.54) is 0 Å². The first kappa shape index (κ1) is 23.6. The second-order valence-electron chi connectivity index (χ2n) is 10.2. The number of nitrogens with zero attached hydrogens (tertiary/aromatic N) is 1. The van der Waals surface area contributed by atoms with E-state index in [2.05, 4.69) is 5.32 Å². The van der Waals surface area contributed by atoms with Gasteiger partial charge in [-0.2, -0.15) is 0 Å². The predicted molar refractivity (Wildman–Crippen MR) is 140 cm³/mol. The van der Waals surface area contributed by atoms with E-state index in [1.807, 2.05) is 67.6 Å². The van der Waals surface area contributed by atoms with Gasteiger partial charge in [0.05, 0.1) is 18.1 Å². The van der Waals surface area contributed by atoms with Crippen LogP contribution < -0.4 is 14.8 Å². The van der Waals surface area contributed by atoms with Gasteiger partial charge in [0.15, 0.2) is 11.5 Å². The number of carbonyl (C=O) groups is 2. The van der Waals surface area contributed by atoms with Gasteiger partial charge < -0.3 is 24.8 Å². The lowest BCUT2D eigenvalue weighted by molar-refractivity contribution is -0.118.